The van der Waals surface area contributed by atoms with Crippen LogP contribution in [0.3, 0.4) is 0 Å². The van der Waals surface area contributed by atoms with Crippen molar-refractivity contribution < 1.29 is 4.79 Å². The van der Waals surface area contributed by atoms with E-state index >= 15 is 0 Å². The lowest BCUT2D eigenvalue weighted by atomic mass is 10.2. The lowest BCUT2D eigenvalue weighted by Crippen LogP contribution is -2.20. The quantitative estimate of drug-likeness (QED) is 0.796. The van der Waals surface area contributed by atoms with E-state index in [1.54, 1.807) is 6.92 Å². The van der Waals surface area contributed by atoms with Crippen LogP contribution in [0.5, 0.6) is 0 Å². The van der Waals surface area contributed by atoms with Gasteiger partial charge in [-0.15, -0.1) is 11.6 Å². The molecule has 1 atom stereocenters. The number of amides is 1. The number of aryl methyl sites for hydroxylation is 1. The molecule has 0 fully saturated rings. The number of benzene rings is 1. The number of carbonyl (C=O) groups is 1. The second kappa shape index (κ2) is 5.32. The second-order valence-corrected chi connectivity index (χ2v) is 5.57. The highest BCUT2D eigenvalue weighted by Gasteiger charge is 2.13. The molecule has 1 amide bonds. The number of carbonyl (C=O) groups excluding carboxylic acids is 1. The van der Waals surface area contributed by atoms with Crippen LogP contribution < -0.4 is 5.32 Å². The van der Waals surface area contributed by atoms with Crippen LogP contribution in [0.25, 0.3) is 0 Å². The predicted octanol–water partition coefficient (Wildman–Crippen LogP) is 4.09. The molecule has 1 aromatic rings. The fourth-order valence-corrected chi connectivity index (χ4v) is 2.71. The lowest BCUT2D eigenvalue weighted by Gasteiger charge is -2.11. The maximum atomic E-state index is 11.4. The van der Waals surface area contributed by atoms with Gasteiger partial charge in [0.2, 0.25) is 5.91 Å². The van der Waals surface area contributed by atoms with E-state index in [0.29, 0.717) is 5.69 Å². The SMILES string of the molecule is Cc1cc(Br)c(NC(=O)C(C)Cl)c(Br)c1. The molecule has 0 aromatic heterocycles. The summed E-state index contributed by atoms with van der Waals surface area (Å²) < 4.78 is 1.67. The fraction of sp³-hybridized carbons (Fsp3) is 0.300. The van der Waals surface area contributed by atoms with Gasteiger partial charge in [-0.25, -0.2) is 0 Å². The second-order valence-electron chi connectivity index (χ2n) is 3.21. The van der Waals surface area contributed by atoms with Gasteiger partial charge in [-0.2, -0.15) is 0 Å². The van der Waals surface area contributed by atoms with E-state index in [2.05, 4.69) is 37.2 Å². The van der Waals surface area contributed by atoms with E-state index in [1.165, 1.54) is 0 Å². The highest BCUT2D eigenvalue weighted by Crippen LogP contribution is 2.32. The van der Waals surface area contributed by atoms with Crippen LogP contribution in [-0.4, -0.2) is 11.3 Å². The van der Waals surface area contributed by atoms with Gasteiger partial charge in [-0.3, -0.25) is 4.79 Å². The normalized spacial score (nSPS) is 12.3. The minimum atomic E-state index is -0.551. The Labute approximate surface area is 111 Å². The van der Waals surface area contributed by atoms with Crippen molar-refractivity contribution in [1.29, 1.82) is 0 Å². The lowest BCUT2D eigenvalue weighted by molar-refractivity contribution is -0.115. The number of hydrogen-bond acceptors (Lipinski definition) is 1. The van der Waals surface area contributed by atoms with Gasteiger partial charge in [0.1, 0.15) is 5.38 Å². The molecule has 0 saturated heterocycles. The van der Waals surface area contributed by atoms with Crippen LogP contribution in [0.1, 0.15) is 12.5 Å². The third-order valence-corrected chi connectivity index (χ3v) is 3.24. The first-order valence-electron chi connectivity index (χ1n) is 4.32. The molecule has 5 heteroatoms. The smallest absolute Gasteiger partial charge is 0.242 e. The zero-order chi connectivity index (χ0) is 11.6. The Bertz CT molecular complexity index is 370. The molecular formula is C10H10Br2ClNO. The molecule has 0 aliphatic rings. The molecule has 1 unspecified atom stereocenters. The number of rotatable bonds is 2. The number of halogens is 3. The highest BCUT2D eigenvalue weighted by atomic mass is 79.9. The van der Waals surface area contributed by atoms with E-state index in [0.717, 1.165) is 14.5 Å². The van der Waals surface area contributed by atoms with E-state index in [9.17, 15) is 4.79 Å². The van der Waals surface area contributed by atoms with Crippen LogP contribution in [-0.2, 0) is 4.79 Å². The molecule has 1 N–H and O–H groups in total. The van der Waals surface area contributed by atoms with Gasteiger partial charge in [0.15, 0.2) is 0 Å². The summed E-state index contributed by atoms with van der Waals surface area (Å²) in [4.78, 5) is 11.4. The number of hydrogen-bond donors (Lipinski definition) is 1. The van der Waals surface area contributed by atoms with Crippen molar-refractivity contribution in [3.05, 3.63) is 26.6 Å². The van der Waals surface area contributed by atoms with Gasteiger partial charge in [0, 0.05) is 8.95 Å². The van der Waals surface area contributed by atoms with Crippen LogP contribution in [0.15, 0.2) is 21.1 Å². The Morgan fingerprint density at radius 2 is 1.87 bits per heavy atom. The molecule has 1 rings (SSSR count). The summed E-state index contributed by atoms with van der Waals surface area (Å²) >= 11 is 12.4. The number of nitrogens with one attached hydrogen (secondary N) is 1. The van der Waals surface area contributed by atoms with Crippen LogP contribution >= 0.6 is 43.5 Å². The first kappa shape index (κ1) is 13.0. The highest BCUT2D eigenvalue weighted by molar-refractivity contribution is 9.11. The minimum Gasteiger partial charge on any atom is -0.323 e. The third kappa shape index (κ3) is 3.47. The predicted molar refractivity (Wildman–Crippen MR) is 70.5 cm³/mol. The van der Waals surface area contributed by atoms with Gasteiger partial charge in [-0.1, -0.05) is 0 Å². The Morgan fingerprint density at radius 1 is 1.40 bits per heavy atom. The average Bonchev–Trinajstić information content (AvgIpc) is 2.10. The molecule has 0 radical (unpaired) electrons. The number of alkyl halides is 1. The van der Waals surface area contributed by atoms with Crippen molar-refractivity contribution in [2.75, 3.05) is 5.32 Å². The van der Waals surface area contributed by atoms with Crippen LogP contribution in [0.2, 0.25) is 0 Å². The Kier molecular flexibility index (Phi) is 4.62. The third-order valence-electron chi connectivity index (χ3n) is 1.80. The maximum absolute atomic E-state index is 11.4. The van der Waals surface area contributed by atoms with Gasteiger partial charge in [-0.05, 0) is 63.4 Å². The largest absolute Gasteiger partial charge is 0.323 e. The Balaban J connectivity index is 3.00. The van der Waals surface area contributed by atoms with E-state index < -0.39 is 5.38 Å². The molecule has 82 valence electrons. The van der Waals surface area contributed by atoms with E-state index in [1.807, 2.05) is 19.1 Å². The average molecular weight is 355 g/mol. The van der Waals surface area contributed by atoms with Gasteiger partial charge in [0.25, 0.3) is 0 Å². The molecule has 0 aliphatic carbocycles. The van der Waals surface area contributed by atoms with E-state index in [4.69, 9.17) is 11.6 Å². The topological polar surface area (TPSA) is 29.1 Å². The number of anilines is 1. The van der Waals surface area contributed by atoms with Crippen molar-refractivity contribution in [1.82, 2.24) is 0 Å². The summed E-state index contributed by atoms with van der Waals surface area (Å²) in [6.07, 6.45) is 0. The zero-order valence-electron chi connectivity index (χ0n) is 8.27. The zero-order valence-corrected chi connectivity index (χ0v) is 12.2. The summed E-state index contributed by atoms with van der Waals surface area (Å²) in [5.41, 5.74) is 1.81. The summed E-state index contributed by atoms with van der Waals surface area (Å²) in [5, 5.41) is 2.19. The molecule has 2 nitrogen and oxygen atoms in total. The molecule has 0 spiro atoms. The Hall–Kier alpha value is -0.0600. The minimum absolute atomic E-state index is 0.220. The van der Waals surface area contributed by atoms with Crippen molar-refractivity contribution in [3.8, 4) is 0 Å². The van der Waals surface area contributed by atoms with Crippen molar-refractivity contribution in [3.63, 3.8) is 0 Å². The summed E-state index contributed by atoms with van der Waals surface area (Å²) in [6.45, 7) is 3.61. The molecule has 0 heterocycles. The van der Waals surface area contributed by atoms with Crippen molar-refractivity contribution in [2.45, 2.75) is 19.2 Å². The fourth-order valence-electron chi connectivity index (χ4n) is 1.04. The van der Waals surface area contributed by atoms with E-state index in [-0.39, 0.29) is 5.91 Å². The molecule has 15 heavy (non-hydrogen) atoms. The van der Waals surface area contributed by atoms with Gasteiger partial charge in [0.05, 0.1) is 5.69 Å². The van der Waals surface area contributed by atoms with Crippen molar-refractivity contribution in [2.24, 2.45) is 0 Å². The van der Waals surface area contributed by atoms with Gasteiger partial charge >= 0.3 is 0 Å². The standard InChI is InChI=1S/C10H10Br2ClNO/c1-5-3-7(11)9(8(12)4-5)14-10(15)6(2)13/h3-4,6H,1-2H3,(H,14,15). The summed E-state index contributed by atoms with van der Waals surface area (Å²) in [6, 6.07) is 3.86. The molecular weight excluding hydrogens is 345 g/mol. The molecule has 1 aromatic carbocycles. The van der Waals surface area contributed by atoms with Crippen LogP contribution in [0.4, 0.5) is 5.69 Å². The molecule has 0 aliphatic heterocycles. The van der Waals surface area contributed by atoms with Crippen LogP contribution in [0, 0.1) is 6.92 Å². The maximum Gasteiger partial charge on any atom is 0.242 e. The van der Waals surface area contributed by atoms with Crippen molar-refractivity contribution >= 4 is 55.1 Å². The molecule has 0 saturated carbocycles. The Morgan fingerprint density at radius 3 is 2.27 bits per heavy atom. The summed E-state index contributed by atoms with van der Waals surface area (Å²) in [5.74, 6) is -0.220. The molecule has 0 bridgehead atoms. The monoisotopic (exact) mass is 353 g/mol. The first-order valence-corrected chi connectivity index (χ1v) is 6.34. The van der Waals surface area contributed by atoms with Gasteiger partial charge < -0.3 is 5.32 Å². The first-order chi connectivity index (χ1) is 6.91. The summed E-state index contributed by atoms with van der Waals surface area (Å²) in [7, 11) is 0.